The summed E-state index contributed by atoms with van der Waals surface area (Å²) in [6, 6.07) is 8.13. The molecular formula is C14H13ClN2O2. The Morgan fingerprint density at radius 3 is 2.63 bits per heavy atom. The highest BCUT2D eigenvalue weighted by molar-refractivity contribution is 6.30. The second-order valence-corrected chi connectivity index (χ2v) is 4.61. The number of carbonyl (C=O) groups excluding carboxylic acids is 1. The SMILES string of the molecule is CN(Cc1ccncc1)C(=O)c1ccc(Cl)cc1O. The molecule has 98 valence electrons. The number of hydrogen-bond acceptors (Lipinski definition) is 3. The molecule has 0 saturated heterocycles. The van der Waals surface area contributed by atoms with Crippen molar-refractivity contribution in [1.82, 2.24) is 9.88 Å². The van der Waals surface area contributed by atoms with Gasteiger partial charge in [-0.1, -0.05) is 11.6 Å². The molecule has 1 aromatic carbocycles. The summed E-state index contributed by atoms with van der Waals surface area (Å²) < 4.78 is 0. The van der Waals surface area contributed by atoms with Crippen LogP contribution in [0.4, 0.5) is 0 Å². The number of carbonyl (C=O) groups is 1. The highest BCUT2D eigenvalue weighted by Crippen LogP contribution is 2.23. The Morgan fingerprint density at radius 2 is 2.00 bits per heavy atom. The quantitative estimate of drug-likeness (QED) is 0.938. The first kappa shape index (κ1) is 13.4. The number of aromatic nitrogens is 1. The number of halogens is 1. The average molecular weight is 277 g/mol. The fraction of sp³-hybridized carbons (Fsp3) is 0.143. The van der Waals surface area contributed by atoms with Crippen LogP contribution in [0.1, 0.15) is 15.9 Å². The second-order valence-electron chi connectivity index (χ2n) is 4.18. The van der Waals surface area contributed by atoms with E-state index < -0.39 is 0 Å². The van der Waals surface area contributed by atoms with E-state index in [2.05, 4.69) is 4.98 Å². The van der Waals surface area contributed by atoms with Gasteiger partial charge in [-0.25, -0.2) is 0 Å². The number of phenols is 1. The zero-order chi connectivity index (χ0) is 13.8. The molecule has 0 aliphatic carbocycles. The minimum Gasteiger partial charge on any atom is -0.507 e. The van der Waals surface area contributed by atoms with Crippen LogP contribution in [0, 0.1) is 0 Å². The van der Waals surface area contributed by atoms with Crippen LogP contribution in [0.25, 0.3) is 0 Å². The highest BCUT2D eigenvalue weighted by atomic mass is 35.5. The standard InChI is InChI=1S/C14H13ClN2O2/c1-17(9-10-4-6-16-7-5-10)14(19)12-3-2-11(15)8-13(12)18/h2-8,18H,9H2,1H3. The van der Waals surface area contributed by atoms with Crippen molar-refractivity contribution in [3.05, 3.63) is 58.9 Å². The number of hydrogen-bond donors (Lipinski definition) is 1. The van der Waals surface area contributed by atoms with Gasteiger partial charge in [0.25, 0.3) is 5.91 Å². The largest absolute Gasteiger partial charge is 0.507 e. The minimum atomic E-state index is -0.258. The third-order valence-electron chi connectivity index (χ3n) is 2.71. The molecule has 0 unspecified atom stereocenters. The summed E-state index contributed by atoms with van der Waals surface area (Å²) >= 11 is 5.74. The Hall–Kier alpha value is -2.07. The van der Waals surface area contributed by atoms with Crippen LogP contribution in [0.5, 0.6) is 5.75 Å². The number of benzene rings is 1. The minimum absolute atomic E-state index is 0.112. The predicted molar refractivity (Wildman–Crippen MR) is 73.2 cm³/mol. The lowest BCUT2D eigenvalue weighted by Gasteiger charge is -2.17. The summed E-state index contributed by atoms with van der Waals surface area (Å²) in [5.74, 6) is -0.370. The van der Waals surface area contributed by atoms with E-state index in [-0.39, 0.29) is 17.2 Å². The summed E-state index contributed by atoms with van der Waals surface area (Å²) in [5, 5.41) is 10.1. The van der Waals surface area contributed by atoms with Crippen LogP contribution in [-0.2, 0) is 6.54 Å². The molecule has 0 aliphatic heterocycles. The summed E-state index contributed by atoms with van der Waals surface area (Å²) in [6.45, 7) is 0.448. The van der Waals surface area contributed by atoms with E-state index in [1.165, 1.54) is 17.0 Å². The van der Waals surface area contributed by atoms with E-state index in [0.29, 0.717) is 11.6 Å². The molecule has 19 heavy (non-hydrogen) atoms. The van der Waals surface area contributed by atoms with Gasteiger partial charge in [0.2, 0.25) is 0 Å². The van der Waals surface area contributed by atoms with E-state index in [1.54, 1.807) is 25.5 Å². The number of rotatable bonds is 3. The molecule has 0 aliphatic rings. The van der Waals surface area contributed by atoms with Gasteiger partial charge in [0.1, 0.15) is 5.75 Å². The van der Waals surface area contributed by atoms with Crippen LogP contribution >= 0.6 is 11.6 Å². The highest BCUT2D eigenvalue weighted by Gasteiger charge is 2.16. The summed E-state index contributed by atoms with van der Waals surface area (Å²) in [5.41, 5.74) is 1.21. The Morgan fingerprint density at radius 1 is 1.32 bits per heavy atom. The molecule has 4 nitrogen and oxygen atoms in total. The molecular weight excluding hydrogens is 264 g/mol. The Labute approximate surface area is 116 Å². The molecule has 2 aromatic rings. The summed E-state index contributed by atoms with van der Waals surface area (Å²) in [7, 11) is 1.68. The van der Waals surface area contributed by atoms with E-state index >= 15 is 0 Å². The average Bonchev–Trinajstić information content (AvgIpc) is 2.39. The zero-order valence-electron chi connectivity index (χ0n) is 10.4. The molecule has 0 spiro atoms. The fourth-order valence-corrected chi connectivity index (χ4v) is 1.89. The number of pyridine rings is 1. The first-order valence-electron chi connectivity index (χ1n) is 5.71. The third-order valence-corrected chi connectivity index (χ3v) is 2.94. The molecule has 1 N–H and O–H groups in total. The first-order valence-corrected chi connectivity index (χ1v) is 6.08. The van der Waals surface area contributed by atoms with Crippen molar-refractivity contribution < 1.29 is 9.90 Å². The van der Waals surface area contributed by atoms with Gasteiger partial charge in [0.15, 0.2) is 0 Å². The number of aromatic hydroxyl groups is 1. The van der Waals surface area contributed by atoms with Crippen molar-refractivity contribution in [3.8, 4) is 5.75 Å². The maximum Gasteiger partial charge on any atom is 0.257 e. The molecule has 0 atom stereocenters. The van der Waals surface area contributed by atoms with Crippen molar-refractivity contribution in [2.24, 2.45) is 0 Å². The predicted octanol–water partition coefficient (Wildman–Crippen LogP) is 2.71. The van der Waals surface area contributed by atoms with Crippen LogP contribution in [-0.4, -0.2) is 27.9 Å². The molecule has 0 saturated carbocycles. The second kappa shape index (κ2) is 5.71. The molecule has 1 heterocycles. The number of amides is 1. The maximum atomic E-state index is 12.2. The van der Waals surface area contributed by atoms with Crippen molar-refractivity contribution in [1.29, 1.82) is 0 Å². The molecule has 1 amide bonds. The van der Waals surface area contributed by atoms with Crippen LogP contribution in [0.15, 0.2) is 42.7 Å². The lowest BCUT2D eigenvalue weighted by atomic mass is 10.1. The summed E-state index contributed by atoms with van der Waals surface area (Å²) in [6.07, 6.45) is 3.35. The van der Waals surface area contributed by atoms with Gasteiger partial charge in [-0.3, -0.25) is 9.78 Å². The summed E-state index contributed by atoms with van der Waals surface area (Å²) in [4.78, 5) is 17.6. The molecule has 0 radical (unpaired) electrons. The number of phenolic OH excluding ortho intramolecular Hbond substituents is 1. The van der Waals surface area contributed by atoms with Crippen LogP contribution in [0.3, 0.4) is 0 Å². The zero-order valence-corrected chi connectivity index (χ0v) is 11.1. The van der Waals surface area contributed by atoms with Crippen molar-refractivity contribution in [2.75, 3.05) is 7.05 Å². The van der Waals surface area contributed by atoms with E-state index in [9.17, 15) is 9.90 Å². The van der Waals surface area contributed by atoms with Gasteiger partial charge < -0.3 is 10.0 Å². The smallest absolute Gasteiger partial charge is 0.257 e. The van der Waals surface area contributed by atoms with E-state index in [0.717, 1.165) is 5.56 Å². The van der Waals surface area contributed by atoms with Crippen molar-refractivity contribution >= 4 is 17.5 Å². The molecule has 5 heteroatoms. The van der Waals surface area contributed by atoms with Gasteiger partial charge in [0.05, 0.1) is 5.56 Å². The van der Waals surface area contributed by atoms with E-state index in [1.807, 2.05) is 12.1 Å². The van der Waals surface area contributed by atoms with Gasteiger partial charge in [-0.2, -0.15) is 0 Å². The van der Waals surface area contributed by atoms with Crippen LogP contribution in [0.2, 0.25) is 5.02 Å². The molecule has 0 fully saturated rings. The van der Waals surface area contributed by atoms with Gasteiger partial charge in [-0.15, -0.1) is 0 Å². The van der Waals surface area contributed by atoms with Gasteiger partial charge >= 0.3 is 0 Å². The Bertz CT molecular complexity index is 587. The lowest BCUT2D eigenvalue weighted by molar-refractivity contribution is 0.0782. The normalized spacial score (nSPS) is 10.2. The number of nitrogens with zero attached hydrogens (tertiary/aromatic N) is 2. The van der Waals surface area contributed by atoms with Crippen molar-refractivity contribution in [2.45, 2.75) is 6.54 Å². The lowest BCUT2D eigenvalue weighted by Crippen LogP contribution is -2.26. The first-order chi connectivity index (χ1) is 9.08. The topological polar surface area (TPSA) is 53.4 Å². The van der Waals surface area contributed by atoms with Gasteiger partial charge in [0, 0.05) is 31.0 Å². The molecule has 1 aromatic heterocycles. The molecule has 2 rings (SSSR count). The van der Waals surface area contributed by atoms with Crippen LogP contribution < -0.4 is 0 Å². The maximum absolute atomic E-state index is 12.2. The van der Waals surface area contributed by atoms with E-state index in [4.69, 9.17) is 11.6 Å². The monoisotopic (exact) mass is 276 g/mol. The Balaban J connectivity index is 2.15. The van der Waals surface area contributed by atoms with Crippen molar-refractivity contribution in [3.63, 3.8) is 0 Å². The van der Waals surface area contributed by atoms with Gasteiger partial charge in [-0.05, 0) is 35.9 Å². The third kappa shape index (κ3) is 3.23. The molecule has 0 bridgehead atoms. The fourth-order valence-electron chi connectivity index (χ4n) is 1.73. The Kier molecular flexibility index (Phi) is 4.02.